The molecule has 388 valence electrons. The van der Waals surface area contributed by atoms with Gasteiger partial charge in [-0.05, 0) is 64.2 Å². The first-order valence-electron chi connectivity index (χ1n) is 18.9. The van der Waals surface area contributed by atoms with Gasteiger partial charge in [-0.3, -0.25) is 57.5 Å². The van der Waals surface area contributed by atoms with E-state index < -0.39 is 99.7 Å². The predicted octanol–water partition coefficient (Wildman–Crippen LogP) is 2.26. The molecule has 24 heteroatoms. The highest BCUT2D eigenvalue weighted by Gasteiger charge is 2.19. The molecule has 0 aliphatic rings. The molecule has 0 saturated carbocycles. The van der Waals surface area contributed by atoms with Crippen molar-refractivity contribution in [2.24, 2.45) is 22.9 Å². The highest BCUT2D eigenvalue weighted by Crippen LogP contribution is 2.09. The van der Waals surface area contributed by atoms with E-state index in [-0.39, 0.29) is 56.6 Å². The van der Waals surface area contributed by atoms with Gasteiger partial charge in [0.05, 0.1) is 6.61 Å². The first kappa shape index (κ1) is 80.9. The lowest BCUT2D eigenvalue weighted by Gasteiger charge is -2.06. The molecule has 66 heavy (non-hydrogen) atoms. The van der Waals surface area contributed by atoms with Gasteiger partial charge in [0.25, 0.3) is 16.8 Å². The zero-order valence-electron chi connectivity index (χ0n) is 34.8. The number of carbonyl (C=O) groups excluding carboxylic acids is 9. The molecule has 0 aromatic heterocycles. The Labute approximate surface area is 393 Å². The van der Waals surface area contributed by atoms with Gasteiger partial charge < -0.3 is 53.4 Å². The molecule has 1 amide bonds. The highest BCUT2D eigenvalue weighted by molar-refractivity contribution is 8.15. The number of Topliss-reactive ketones (excluding diaryl/α,β-unsaturated/α-hetero) is 6. The zero-order valence-corrected chi connectivity index (χ0v) is 35.7. The number of rotatable bonds is 29. The maximum Gasteiger partial charge on any atom is 0.374 e. The molecule has 0 radical (unpaired) electrons. The summed E-state index contributed by atoms with van der Waals surface area (Å²) in [5, 5.41) is 35.8. The molecule has 23 nitrogen and oxygen atoms in total. The fraction of sp³-hybridized carbons (Fsp3) is 0.690. The highest BCUT2D eigenvalue weighted by atomic mass is 32.2. The van der Waals surface area contributed by atoms with Crippen LogP contribution in [0.4, 0.5) is 0 Å². The smallest absolute Gasteiger partial charge is 0.374 e. The molecule has 0 aliphatic heterocycles. The van der Waals surface area contributed by atoms with E-state index in [1.54, 1.807) is 0 Å². The Hall–Kier alpha value is -5.30. The van der Waals surface area contributed by atoms with Gasteiger partial charge in [0.1, 0.15) is 24.2 Å². The van der Waals surface area contributed by atoms with E-state index in [4.69, 9.17) is 43.4 Å². The first-order valence-corrected chi connectivity index (χ1v) is 19.8. The van der Waals surface area contributed by atoms with Crippen LogP contribution in [0.25, 0.3) is 0 Å². The van der Waals surface area contributed by atoms with Crippen LogP contribution >= 0.6 is 11.8 Å². The van der Waals surface area contributed by atoms with Gasteiger partial charge in [-0.15, -0.1) is 0 Å². The van der Waals surface area contributed by atoms with Crippen LogP contribution in [0.3, 0.4) is 0 Å². The minimum atomic E-state index is -1.09. The Kier molecular flexibility index (Phi) is 60.3. The average Bonchev–Trinajstić information content (AvgIpc) is 3.18. The van der Waals surface area contributed by atoms with E-state index in [9.17, 15) is 62.3 Å². The summed E-state index contributed by atoms with van der Waals surface area (Å²) in [6.07, 6.45) is 5.67. The molecule has 0 bridgehead atoms. The second-order valence-electron chi connectivity index (χ2n) is 13.0. The number of carbonyl (C=O) groups is 13. The predicted molar refractivity (Wildman–Crippen MR) is 250 cm³/mol. The fourth-order valence-corrected chi connectivity index (χ4v) is 4.47. The van der Waals surface area contributed by atoms with Crippen LogP contribution in [0, 0.1) is 0 Å². The van der Waals surface area contributed by atoms with E-state index in [2.05, 4.69) is 10.1 Å². The normalized spacial score (nSPS) is 11.0. The number of amides is 1. The summed E-state index contributed by atoms with van der Waals surface area (Å²) in [5.74, 6) is -9.24. The topological polar surface area (TPSA) is 428 Å². The second-order valence-corrected chi connectivity index (χ2v) is 14.1. The van der Waals surface area contributed by atoms with Gasteiger partial charge in [-0.1, -0.05) is 61.7 Å². The Morgan fingerprint density at radius 3 is 1.18 bits per heavy atom. The lowest BCUT2D eigenvalue weighted by atomic mass is 10.0. The number of carboxylic acids is 4. The molecule has 0 rings (SSSR count). The summed E-state index contributed by atoms with van der Waals surface area (Å²) in [7, 11) is 0. The molecular weight excluding hydrogens is 895 g/mol. The molecule has 0 aliphatic carbocycles. The third-order valence-corrected chi connectivity index (χ3v) is 8.46. The third-order valence-electron chi connectivity index (χ3n) is 7.42. The van der Waals surface area contributed by atoms with Crippen molar-refractivity contribution in [3.05, 3.63) is 0 Å². The van der Waals surface area contributed by atoms with Gasteiger partial charge in [-0.2, -0.15) is 0 Å². The lowest BCUT2D eigenvalue weighted by molar-refractivity contribution is -0.153. The van der Waals surface area contributed by atoms with E-state index >= 15 is 0 Å². The Morgan fingerprint density at radius 2 is 0.848 bits per heavy atom. The van der Waals surface area contributed by atoms with Crippen molar-refractivity contribution in [3.8, 4) is 0 Å². The van der Waals surface area contributed by atoms with Crippen LogP contribution in [-0.4, -0.2) is 139 Å². The van der Waals surface area contributed by atoms with E-state index in [1.807, 2.05) is 0 Å². The summed E-state index contributed by atoms with van der Waals surface area (Å²) in [6.45, 7) is 5.07. The lowest BCUT2D eigenvalue weighted by Crippen LogP contribution is -2.31. The zero-order chi connectivity index (χ0) is 48.2. The number of carboxylic acid groups (broad SMARTS) is 4. The number of hydrogen-bond acceptors (Lipinski definition) is 19. The van der Waals surface area contributed by atoms with Crippen molar-refractivity contribution in [3.63, 3.8) is 0 Å². The van der Waals surface area contributed by atoms with Crippen molar-refractivity contribution < 1.29 is 87.5 Å². The molecule has 0 aromatic carbocycles. The molecule has 0 aromatic rings. The number of hydrogen-bond donors (Lipinski definition) is 9. The largest absolute Gasteiger partial charge is 0.480 e. The van der Waals surface area contributed by atoms with Crippen LogP contribution < -0.4 is 28.3 Å². The molecule has 13 N–H and O–H groups in total. The van der Waals surface area contributed by atoms with E-state index in [0.29, 0.717) is 82.9 Å². The SMILES string of the molecule is C.C.C.C.C.CC(=O)C(=O)C(=O)CCCCC(N)C(=O)O.CC(=O)C(=O)NCCCCC(N)C(=O)O.CC(=O)C(=O)OCCCCC(N)C(=O)O.CC(=O)C(=O)SCCCCC(N)C(=O)O. The van der Waals surface area contributed by atoms with Crippen molar-refractivity contribution in [2.75, 3.05) is 18.9 Å². The molecule has 0 spiro atoms. The number of nitrogens with two attached hydrogens (primary N) is 4. The van der Waals surface area contributed by atoms with Gasteiger partial charge in [0, 0.05) is 46.4 Å². The van der Waals surface area contributed by atoms with Crippen molar-refractivity contribution in [1.29, 1.82) is 0 Å². The summed E-state index contributed by atoms with van der Waals surface area (Å²) in [6, 6.07) is -3.51. The summed E-state index contributed by atoms with van der Waals surface area (Å²) >= 11 is 0.968. The van der Waals surface area contributed by atoms with Gasteiger partial charge >= 0.3 is 29.8 Å². The Bertz CT molecular complexity index is 1390. The monoisotopic (exact) mass is 976 g/mol. The number of esters is 1. The van der Waals surface area contributed by atoms with Crippen LogP contribution in [0.2, 0.25) is 0 Å². The van der Waals surface area contributed by atoms with Crippen molar-refractivity contribution in [2.45, 2.75) is 172 Å². The molecule has 0 heterocycles. The Balaban J connectivity index is -0.0000000915. The summed E-state index contributed by atoms with van der Waals surface area (Å²) in [5.41, 5.74) is 21.0. The minimum absolute atomic E-state index is 0. The maximum absolute atomic E-state index is 11.0. The van der Waals surface area contributed by atoms with Crippen LogP contribution in [-0.2, 0) is 67.1 Å². The van der Waals surface area contributed by atoms with Gasteiger partial charge in [0.15, 0.2) is 0 Å². The molecule has 4 atom stereocenters. The fourth-order valence-electron chi connectivity index (χ4n) is 3.73. The third kappa shape index (κ3) is 51.3. The van der Waals surface area contributed by atoms with Crippen LogP contribution in [0.15, 0.2) is 0 Å². The van der Waals surface area contributed by atoms with Crippen molar-refractivity contribution >= 4 is 87.3 Å². The standard InChI is InChI=1S/C10H15NO5.C9H16N2O4.C9H15NO5.C9H15NO4S.5CH4/c1-6(12)9(14)8(13)5-3-2-4-7(11)10(15)16;1-6(12)8(13)11-5-3-2-4-7(10)9(14)15;2*1-6(11)9(14)15-5-3-2-4-7(10)8(12)13;;;;;/h7H,2-5,11H2,1H3,(H,15,16);7H,2-5,10H2,1H3,(H,11,13)(H,14,15);2*7H,2-5,10H2,1H3,(H,12,13);5*1H4. The first-order chi connectivity index (χ1) is 28.2. The molecule has 0 fully saturated rings. The van der Waals surface area contributed by atoms with Crippen molar-refractivity contribution in [1.82, 2.24) is 5.32 Å². The Morgan fingerprint density at radius 1 is 0.485 bits per heavy atom. The van der Waals surface area contributed by atoms with Gasteiger partial charge in [-0.25, -0.2) is 4.79 Å². The number of nitrogens with one attached hydrogen (secondary N) is 1. The maximum atomic E-state index is 11.0. The molecule has 4 unspecified atom stereocenters. The van der Waals surface area contributed by atoms with E-state index in [1.165, 1.54) is 13.8 Å². The number of unbranched alkanes of at least 4 members (excludes halogenated alkanes) is 4. The average molecular weight is 976 g/mol. The number of thioether (sulfide) groups is 1. The number of aliphatic carboxylic acids is 4. The van der Waals surface area contributed by atoms with Crippen LogP contribution in [0.1, 0.15) is 148 Å². The molecular formula is C42H81N5O18S. The second kappa shape index (κ2) is 49.1. The minimum Gasteiger partial charge on any atom is -0.480 e. The number of ether oxygens (including phenoxy) is 1. The molecule has 0 saturated heterocycles. The summed E-state index contributed by atoms with van der Waals surface area (Å²) < 4.78 is 4.57. The van der Waals surface area contributed by atoms with Gasteiger partial charge in [0.2, 0.25) is 28.9 Å². The quantitative estimate of drug-likeness (QED) is 0.0225. The van der Waals surface area contributed by atoms with E-state index in [0.717, 1.165) is 25.6 Å². The number of ketones is 6. The summed E-state index contributed by atoms with van der Waals surface area (Å²) in [4.78, 5) is 137. The van der Waals surface area contributed by atoms with Crippen LogP contribution in [0.5, 0.6) is 0 Å².